The van der Waals surface area contributed by atoms with E-state index in [1.165, 1.54) is 15.1 Å². The number of aryl methyl sites for hydroxylation is 1. The van der Waals surface area contributed by atoms with Crippen molar-refractivity contribution in [1.82, 2.24) is 9.78 Å². The van der Waals surface area contributed by atoms with Crippen molar-refractivity contribution in [2.75, 3.05) is 29.3 Å². The molecule has 118 valence electrons. The van der Waals surface area contributed by atoms with E-state index in [0.29, 0.717) is 12.2 Å². The molecule has 0 aliphatic carbocycles. The van der Waals surface area contributed by atoms with Gasteiger partial charge in [-0.3, -0.25) is 8.99 Å². The fraction of sp³-hybridized carbons (Fsp3) is 0.400. The zero-order chi connectivity index (χ0) is 15.9. The summed E-state index contributed by atoms with van der Waals surface area (Å²) < 4.78 is 29.0. The topological polar surface area (TPSA) is 58.4 Å². The van der Waals surface area contributed by atoms with Gasteiger partial charge in [-0.15, -0.1) is 0 Å². The first-order valence-electron chi connectivity index (χ1n) is 7.22. The molecule has 0 spiro atoms. The molecule has 6 nitrogen and oxygen atoms in total. The Hall–Kier alpha value is -2.02. The molecule has 7 heteroatoms. The highest BCUT2D eigenvalue weighted by Crippen LogP contribution is 2.35. The van der Waals surface area contributed by atoms with E-state index in [1.807, 2.05) is 31.3 Å². The molecule has 1 aromatic heterocycles. The minimum Gasteiger partial charge on any atom is -0.373 e. The lowest BCUT2D eigenvalue weighted by molar-refractivity contribution is 0.561. The second-order valence-corrected chi connectivity index (χ2v) is 7.65. The van der Waals surface area contributed by atoms with Gasteiger partial charge in [0.25, 0.3) is 10.0 Å². The molecular formula is C15H20N4O2S. The molecular weight excluding hydrogens is 300 g/mol. The third-order valence-electron chi connectivity index (χ3n) is 3.87. The van der Waals surface area contributed by atoms with Gasteiger partial charge in [-0.2, -0.15) is 13.5 Å². The highest BCUT2D eigenvalue weighted by Gasteiger charge is 2.33. The Morgan fingerprint density at radius 2 is 1.77 bits per heavy atom. The summed E-state index contributed by atoms with van der Waals surface area (Å²) in [5, 5.41) is 4.16. The molecule has 1 aliphatic rings. The highest BCUT2D eigenvalue weighted by atomic mass is 32.2. The van der Waals surface area contributed by atoms with Gasteiger partial charge in [0.05, 0.1) is 11.4 Å². The Morgan fingerprint density at radius 1 is 1.09 bits per heavy atom. The zero-order valence-electron chi connectivity index (χ0n) is 13.0. The van der Waals surface area contributed by atoms with Crippen LogP contribution in [0.5, 0.6) is 0 Å². The highest BCUT2D eigenvalue weighted by molar-refractivity contribution is 7.92. The van der Waals surface area contributed by atoms with Crippen LogP contribution in [0.15, 0.2) is 41.6 Å². The average molecular weight is 320 g/mol. The van der Waals surface area contributed by atoms with Crippen LogP contribution >= 0.6 is 0 Å². The monoisotopic (exact) mass is 320 g/mol. The van der Waals surface area contributed by atoms with Crippen molar-refractivity contribution in [2.24, 2.45) is 13.0 Å². The summed E-state index contributed by atoms with van der Waals surface area (Å²) in [7, 11) is 0.0468. The summed E-state index contributed by atoms with van der Waals surface area (Å²) in [5.74, 6) is 0.218. The number of sulfonamides is 1. The molecule has 0 saturated carbocycles. The molecule has 1 aromatic carbocycles. The lowest BCUT2D eigenvalue weighted by Gasteiger charge is -2.24. The van der Waals surface area contributed by atoms with Crippen LogP contribution in [-0.4, -0.2) is 38.3 Å². The molecule has 0 radical (unpaired) electrons. The van der Waals surface area contributed by atoms with Gasteiger partial charge in [-0.1, -0.05) is 19.1 Å². The molecule has 2 heterocycles. The Balaban J connectivity index is 2.14. The molecule has 1 atom stereocenters. The zero-order valence-corrected chi connectivity index (χ0v) is 13.8. The maximum Gasteiger partial charge on any atom is 0.283 e. The fourth-order valence-electron chi connectivity index (χ4n) is 2.87. The third-order valence-corrected chi connectivity index (χ3v) is 5.54. The normalized spacial score (nSPS) is 19.0. The molecule has 1 unspecified atom stereocenters. The Kier molecular flexibility index (Phi) is 3.60. The standard InChI is InChI=1S/C15H20N4O2S/c1-12-10-17(2)13-6-4-5-7-14(13)19(11-12)22(20,21)15-8-9-18(3)16-15/h4-9,12H,10-11H2,1-3H3. The lowest BCUT2D eigenvalue weighted by Crippen LogP contribution is -2.35. The van der Waals surface area contributed by atoms with Crippen molar-refractivity contribution in [2.45, 2.75) is 11.9 Å². The maximum atomic E-state index is 13.0. The van der Waals surface area contributed by atoms with Gasteiger partial charge in [0.1, 0.15) is 0 Å². The molecule has 0 amide bonds. The Bertz CT molecular complexity index is 784. The van der Waals surface area contributed by atoms with E-state index in [9.17, 15) is 8.42 Å². The van der Waals surface area contributed by atoms with Crippen molar-refractivity contribution in [3.8, 4) is 0 Å². The molecule has 0 N–H and O–H groups in total. The molecule has 2 aromatic rings. The Morgan fingerprint density at radius 3 is 2.41 bits per heavy atom. The smallest absolute Gasteiger partial charge is 0.283 e. The number of fused-ring (bicyclic) bond motifs is 1. The number of hydrogen-bond acceptors (Lipinski definition) is 4. The molecule has 22 heavy (non-hydrogen) atoms. The summed E-state index contributed by atoms with van der Waals surface area (Å²) in [6, 6.07) is 9.14. The van der Waals surface area contributed by atoms with E-state index in [1.54, 1.807) is 13.2 Å². The van der Waals surface area contributed by atoms with E-state index in [-0.39, 0.29) is 10.9 Å². The van der Waals surface area contributed by atoms with Gasteiger partial charge in [-0.05, 0) is 24.1 Å². The first-order valence-corrected chi connectivity index (χ1v) is 8.66. The van der Waals surface area contributed by atoms with E-state index in [2.05, 4.69) is 16.9 Å². The van der Waals surface area contributed by atoms with Crippen LogP contribution < -0.4 is 9.21 Å². The Labute approximate surface area is 131 Å². The van der Waals surface area contributed by atoms with Gasteiger partial charge in [0.15, 0.2) is 5.03 Å². The number of aromatic nitrogens is 2. The number of anilines is 2. The summed E-state index contributed by atoms with van der Waals surface area (Å²) >= 11 is 0. The average Bonchev–Trinajstić information content (AvgIpc) is 2.86. The molecule has 0 fully saturated rings. The van der Waals surface area contributed by atoms with E-state index < -0.39 is 10.0 Å². The van der Waals surface area contributed by atoms with Crippen molar-refractivity contribution >= 4 is 21.4 Å². The maximum absolute atomic E-state index is 13.0. The van der Waals surface area contributed by atoms with Gasteiger partial charge in [0, 0.05) is 33.4 Å². The molecule has 3 rings (SSSR count). The van der Waals surface area contributed by atoms with Crippen LogP contribution in [0.1, 0.15) is 6.92 Å². The molecule has 0 saturated heterocycles. The third kappa shape index (κ3) is 2.45. The predicted octanol–water partition coefficient (Wildman–Crippen LogP) is 1.70. The van der Waals surface area contributed by atoms with Gasteiger partial charge >= 0.3 is 0 Å². The first kappa shape index (κ1) is 14.9. The van der Waals surface area contributed by atoms with Gasteiger partial charge in [0.2, 0.25) is 0 Å². The summed E-state index contributed by atoms with van der Waals surface area (Å²) in [6.07, 6.45) is 1.65. The van der Waals surface area contributed by atoms with Crippen LogP contribution in [0, 0.1) is 5.92 Å². The molecule has 0 bridgehead atoms. The van der Waals surface area contributed by atoms with E-state index in [4.69, 9.17) is 0 Å². The second-order valence-electron chi connectivity index (χ2n) is 5.84. The number of benzene rings is 1. The predicted molar refractivity (Wildman–Crippen MR) is 86.6 cm³/mol. The second kappa shape index (κ2) is 5.31. The first-order chi connectivity index (χ1) is 10.4. The van der Waals surface area contributed by atoms with Crippen LogP contribution in [-0.2, 0) is 17.1 Å². The van der Waals surface area contributed by atoms with Crippen LogP contribution in [0.3, 0.4) is 0 Å². The fourth-order valence-corrected chi connectivity index (χ4v) is 4.43. The van der Waals surface area contributed by atoms with Gasteiger partial charge in [-0.25, -0.2) is 0 Å². The number of nitrogens with zero attached hydrogens (tertiary/aromatic N) is 4. The van der Waals surface area contributed by atoms with Crippen molar-refractivity contribution in [1.29, 1.82) is 0 Å². The summed E-state index contributed by atoms with van der Waals surface area (Å²) in [4.78, 5) is 2.11. The van der Waals surface area contributed by atoms with Crippen LogP contribution in [0.4, 0.5) is 11.4 Å². The number of rotatable bonds is 2. The van der Waals surface area contributed by atoms with Crippen LogP contribution in [0.25, 0.3) is 0 Å². The minimum absolute atomic E-state index is 0.0848. The minimum atomic E-state index is -3.66. The van der Waals surface area contributed by atoms with Crippen LogP contribution in [0.2, 0.25) is 0 Å². The summed E-state index contributed by atoms with van der Waals surface area (Å²) in [5.41, 5.74) is 1.63. The van der Waals surface area contributed by atoms with Gasteiger partial charge < -0.3 is 4.90 Å². The largest absolute Gasteiger partial charge is 0.373 e. The SMILES string of the molecule is CC1CN(C)c2ccccc2N(S(=O)(=O)c2ccn(C)n2)C1. The van der Waals surface area contributed by atoms with E-state index in [0.717, 1.165) is 12.2 Å². The molecule has 1 aliphatic heterocycles. The van der Waals surface area contributed by atoms with Crippen molar-refractivity contribution < 1.29 is 8.42 Å². The summed E-state index contributed by atoms with van der Waals surface area (Å²) in [6.45, 7) is 3.31. The van der Waals surface area contributed by atoms with Crippen molar-refractivity contribution in [3.05, 3.63) is 36.5 Å². The quantitative estimate of drug-likeness (QED) is 0.845. The number of para-hydroxylation sites is 2. The van der Waals surface area contributed by atoms with Crippen molar-refractivity contribution in [3.63, 3.8) is 0 Å². The lowest BCUT2D eigenvalue weighted by atomic mass is 10.2. The van der Waals surface area contributed by atoms with E-state index >= 15 is 0 Å². The number of hydrogen-bond donors (Lipinski definition) is 0.